The van der Waals surface area contributed by atoms with Crippen molar-refractivity contribution >= 4 is 33.1 Å². The maximum absolute atomic E-state index is 12.2. The Hall–Kier alpha value is -2.54. The molecule has 1 heterocycles. The lowest BCUT2D eigenvalue weighted by Crippen LogP contribution is -2.27. The van der Waals surface area contributed by atoms with Gasteiger partial charge in [0.15, 0.2) is 0 Å². The molecule has 0 fully saturated rings. The number of benzene rings is 2. The second kappa shape index (κ2) is 6.76. The monoisotopic (exact) mass is 359 g/mol. The molecule has 2 aromatic carbocycles. The number of para-hydroxylation sites is 1. The van der Waals surface area contributed by atoms with Crippen molar-refractivity contribution < 1.29 is 13.2 Å². The highest BCUT2D eigenvalue weighted by molar-refractivity contribution is 7.92. The summed E-state index contributed by atoms with van der Waals surface area (Å²) in [6.45, 7) is 2.47. The van der Waals surface area contributed by atoms with Crippen LogP contribution in [0, 0.1) is 0 Å². The van der Waals surface area contributed by atoms with E-state index in [1.165, 1.54) is 10.6 Å². The number of urea groups is 1. The van der Waals surface area contributed by atoms with Crippen molar-refractivity contribution in [1.29, 1.82) is 0 Å². The lowest BCUT2D eigenvalue weighted by Gasteiger charge is -2.16. The predicted molar refractivity (Wildman–Crippen MR) is 101 cm³/mol. The van der Waals surface area contributed by atoms with E-state index < -0.39 is 10.0 Å². The van der Waals surface area contributed by atoms with E-state index in [0.29, 0.717) is 24.3 Å². The Morgan fingerprint density at radius 2 is 1.92 bits per heavy atom. The first-order valence-corrected chi connectivity index (χ1v) is 10.00. The summed E-state index contributed by atoms with van der Waals surface area (Å²) in [7, 11) is -3.27. The molecule has 3 rings (SSSR count). The smallest absolute Gasteiger partial charge is 0.308 e. The van der Waals surface area contributed by atoms with Gasteiger partial charge in [-0.3, -0.25) is 4.31 Å². The number of nitrogens with zero attached hydrogens (tertiary/aromatic N) is 1. The Bertz CT molecular complexity index is 910. The number of hydrogen-bond acceptors (Lipinski definition) is 3. The van der Waals surface area contributed by atoms with Crippen molar-refractivity contribution in [3.8, 4) is 0 Å². The van der Waals surface area contributed by atoms with Gasteiger partial charge in [-0.1, -0.05) is 25.1 Å². The van der Waals surface area contributed by atoms with Crippen LogP contribution in [0.5, 0.6) is 0 Å². The van der Waals surface area contributed by atoms with Crippen molar-refractivity contribution in [2.24, 2.45) is 0 Å². The van der Waals surface area contributed by atoms with Crippen molar-refractivity contribution in [1.82, 2.24) is 0 Å². The largest absolute Gasteiger partial charge is 0.323 e. The molecule has 0 atom stereocenters. The SMILES string of the molecule is CCc1ccccc1NC(=O)Nc1ccc2c(c1)CCN2S(C)(=O)=O. The molecule has 2 amide bonds. The zero-order valence-electron chi connectivity index (χ0n) is 14.2. The Kier molecular flexibility index (Phi) is 4.67. The molecule has 0 bridgehead atoms. The third kappa shape index (κ3) is 3.76. The number of amides is 2. The fraction of sp³-hybridized carbons (Fsp3) is 0.278. The molecule has 0 aliphatic carbocycles. The zero-order chi connectivity index (χ0) is 18.0. The quantitative estimate of drug-likeness (QED) is 0.880. The molecule has 25 heavy (non-hydrogen) atoms. The van der Waals surface area contributed by atoms with Crippen molar-refractivity contribution in [2.45, 2.75) is 19.8 Å². The lowest BCUT2D eigenvalue weighted by atomic mass is 10.1. The Labute approximate surface area is 147 Å². The molecule has 0 saturated heterocycles. The highest BCUT2D eigenvalue weighted by atomic mass is 32.2. The van der Waals surface area contributed by atoms with Crippen molar-refractivity contribution in [3.63, 3.8) is 0 Å². The summed E-state index contributed by atoms with van der Waals surface area (Å²) in [6.07, 6.45) is 2.67. The first-order chi connectivity index (χ1) is 11.9. The number of hydrogen-bond donors (Lipinski definition) is 2. The van der Waals surface area contributed by atoms with Crippen molar-refractivity contribution in [3.05, 3.63) is 53.6 Å². The standard InChI is InChI=1S/C18H21N3O3S/c1-3-13-6-4-5-7-16(13)20-18(22)19-15-8-9-17-14(12-15)10-11-21(17)25(2,23)24/h4-9,12H,3,10-11H2,1-2H3,(H2,19,20,22). The van der Waals surface area contributed by atoms with Crippen molar-refractivity contribution in [2.75, 3.05) is 27.7 Å². The molecule has 2 N–H and O–H groups in total. The van der Waals surface area contributed by atoms with E-state index in [2.05, 4.69) is 10.6 Å². The highest BCUT2D eigenvalue weighted by Crippen LogP contribution is 2.32. The first-order valence-electron chi connectivity index (χ1n) is 8.15. The summed E-state index contributed by atoms with van der Waals surface area (Å²) in [5.74, 6) is 0. The van der Waals surface area contributed by atoms with Gasteiger partial charge in [0.2, 0.25) is 10.0 Å². The maximum Gasteiger partial charge on any atom is 0.323 e. The van der Waals surface area contributed by atoms with Crippen LogP contribution < -0.4 is 14.9 Å². The number of rotatable bonds is 4. The van der Waals surface area contributed by atoms with Gasteiger partial charge in [0.05, 0.1) is 11.9 Å². The third-order valence-electron chi connectivity index (χ3n) is 4.24. The normalized spacial score (nSPS) is 13.4. The van der Waals surface area contributed by atoms with Gasteiger partial charge in [-0.15, -0.1) is 0 Å². The minimum Gasteiger partial charge on any atom is -0.308 e. The molecule has 1 aliphatic rings. The molecule has 7 heteroatoms. The molecule has 0 saturated carbocycles. The van der Waals surface area contributed by atoms with Crippen LogP contribution in [0.1, 0.15) is 18.1 Å². The number of sulfonamides is 1. The number of aryl methyl sites for hydroxylation is 1. The summed E-state index contributed by atoms with van der Waals surface area (Å²) >= 11 is 0. The Morgan fingerprint density at radius 3 is 2.64 bits per heavy atom. The van der Waals surface area contributed by atoms with E-state index in [9.17, 15) is 13.2 Å². The molecule has 0 spiro atoms. The summed E-state index contributed by atoms with van der Waals surface area (Å²) < 4.78 is 24.9. The minimum absolute atomic E-state index is 0.321. The number of nitrogens with one attached hydrogen (secondary N) is 2. The highest BCUT2D eigenvalue weighted by Gasteiger charge is 2.26. The molecular formula is C18H21N3O3S. The summed E-state index contributed by atoms with van der Waals surface area (Å²) in [5, 5.41) is 5.66. The van der Waals surface area contributed by atoms with Crippen LogP contribution in [0.15, 0.2) is 42.5 Å². The van der Waals surface area contributed by atoms with Gasteiger partial charge in [-0.2, -0.15) is 0 Å². The van der Waals surface area contributed by atoms with E-state index in [1.807, 2.05) is 37.3 Å². The van der Waals surface area contributed by atoms with Gasteiger partial charge in [0.1, 0.15) is 0 Å². The van der Waals surface area contributed by atoms with Gasteiger partial charge in [-0.05, 0) is 48.2 Å². The van der Waals surface area contributed by atoms with Crippen LogP contribution in [0.25, 0.3) is 0 Å². The van der Waals surface area contributed by atoms with Gasteiger partial charge in [0, 0.05) is 17.9 Å². The van der Waals surface area contributed by atoms with Gasteiger partial charge < -0.3 is 10.6 Å². The third-order valence-corrected chi connectivity index (χ3v) is 5.42. The number of carbonyl (C=O) groups excluding carboxylic acids is 1. The Balaban J connectivity index is 1.73. The van der Waals surface area contributed by atoms with E-state index in [4.69, 9.17) is 0 Å². The molecule has 132 valence electrons. The van der Waals surface area contributed by atoms with Gasteiger partial charge in [0.25, 0.3) is 0 Å². The summed E-state index contributed by atoms with van der Waals surface area (Å²) in [6, 6.07) is 12.6. The second-order valence-electron chi connectivity index (χ2n) is 6.02. The molecule has 6 nitrogen and oxygen atoms in total. The molecule has 0 radical (unpaired) electrons. The number of fused-ring (bicyclic) bond motifs is 1. The van der Waals surface area contributed by atoms with Gasteiger partial charge >= 0.3 is 6.03 Å². The fourth-order valence-corrected chi connectivity index (χ4v) is 3.99. The van der Waals surface area contributed by atoms with Crippen LogP contribution in [0.3, 0.4) is 0 Å². The number of anilines is 3. The predicted octanol–water partition coefficient (Wildman–Crippen LogP) is 3.22. The molecule has 1 aliphatic heterocycles. The van der Waals surface area contributed by atoms with Crippen LogP contribution in [0.4, 0.5) is 21.9 Å². The number of carbonyl (C=O) groups is 1. The topological polar surface area (TPSA) is 78.5 Å². The fourth-order valence-electron chi connectivity index (χ4n) is 3.03. The van der Waals surface area contributed by atoms with Gasteiger partial charge in [-0.25, -0.2) is 13.2 Å². The van der Waals surface area contributed by atoms with E-state index >= 15 is 0 Å². The summed E-state index contributed by atoms with van der Waals surface area (Å²) in [5.41, 5.74) is 4.09. The molecular weight excluding hydrogens is 338 g/mol. The van der Waals surface area contributed by atoms with Crippen LogP contribution in [-0.4, -0.2) is 27.2 Å². The van der Waals surface area contributed by atoms with Crippen LogP contribution in [-0.2, 0) is 22.9 Å². The summed E-state index contributed by atoms with van der Waals surface area (Å²) in [4.78, 5) is 12.2. The molecule has 2 aromatic rings. The minimum atomic E-state index is -3.27. The maximum atomic E-state index is 12.2. The second-order valence-corrected chi connectivity index (χ2v) is 7.93. The average Bonchev–Trinajstić information content (AvgIpc) is 2.98. The van der Waals surface area contributed by atoms with E-state index in [1.54, 1.807) is 12.1 Å². The zero-order valence-corrected chi connectivity index (χ0v) is 15.1. The van der Waals surface area contributed by atoms with E-state index in [0.717, 1.165) is 23.2 Å². The average molecular weight is 359 g/mol. The Morgan fingerprint density at radius 1 is 1.16 bits per heavy atom. The van der Waals surface area contributed by atoms with E-state index in [-0.39, 0.29) is 6.03 Å². The molecule has 0 aromatic heterocycles. The van der Waals surface area contributed by atoms with Crippen LogP contribution in [0.2, 0.25) is 0 Å². The molecule has 0 unspecified atom stereocenters. The first kappa shape index (κ1) is 17.3. The lowest BCUT2D eigenvalue weighted by molar-refractivity contribution is 0.262. The van der Waals surface area contributed by atoms with Crippen LogP contribution >= 0.6 is 0 Å².